The van der Waals surface area contributed by atoms with E-state index < -0.39 is 19.8 Å². The number of carbonyl (C=O) groups excluding carboxylic acids is 3. The van der Waals surface area contributed by atoms with Crippen LogP contribution in [0.3, 0.4) is 0 Å². The number of carbonyl (C=O) groups is 3. The molecule has 4 aliphatic rings. The molecule has 330 valence electrons. The van der Waals surface area contributed by atoms with E-state index in [1.165, 1.54) is 0 Å². The second kappa shape index (κ2) is 16.6. The summed E-state index contributed by atoms with van der Waals surface area (Å²) in [4.78, 5) is 49.7. The van der Waals surface area contributed by atoms with Crippen LogP contribution in [0.25, 0.3) is 0 Å². The Labute approximate surface area is 384 Å². The highest BCUT2D eigenvalue weighted by Gasteiger charge is 2.66. The van der Waals surface area contributed by atoms with Gasteiger partial charge < -0.3 is 29.1 Å². The summed E-state index contributed by atoms with van der Waals surface area (Å²) >= 11 is 6.80. The van der Waals surface area contributed by atoms with Gasteiger partial charge in [0.05, 0.1) is 63.8 Å². The van der Waals surface area contributed by atoms with E-state index in [9.17, 15) is 14.7 Å². The van der Waals surface area contributed by atoms with Crippen molar-refractivity contribution < 1.29 is 33.7 Å². The Morgan fingerprint density at radius 2 is 1.54 bits per heavy atom. The topological polar surface area (TPSA) is 109 Å². The third-order valence-corrected chi connectivity index (χ3v) is 18.8. The lowest BCUT2D eigenvalue weighted by Gasteiger charge is -2.39. The fourth-order valence-electron chi connectivity index (χ4n) is 11.0. The number of hydrogen-bond donors (Lipinski definition) is 1. The van der Waals surface area contributed by atoms with Crippen molar-refractivity contribution in [3.05, 3.63) is 172 Å². The van der Waals surface area contributed by atoms with Gasteiger partial charge in [-0.2, -0.15) is 0 Å². The third-order valence-electron chi connectivity index (χ3n) is 14.2. The van der Waals surface area contributed by atoms with Crippen molar-refractivity contribution in [3.63, 3.8) is 0 Å². The number of ether oxygens (including phenoxy) is 3. The first-order valence-electron chi connectivity index (χ1n) is 22.1. The van der Waals surface area contributed by atoms with Gasteiger partial charge in [-0.3, -0.25) is 19.3 Å². The Bertz CT molecular complexity index is 2840. The predicted octanol–water partition coefficient (Wildman–Crippen LogP) is 9.53. The van der Waals surface area contributed by atoms with Gasteiger partial charge in [0.1, 0.15) is 11.5 Å². The lowest BCUT2D eigenvalue weighted by Crippen LogP contribution is -2.52. The van der Waals surface area contributed by atoms with E-state index in [1.54, 1.807) is 40.0 Å². The van der Waals surface area contributed by atoms with Crippen LogP contribution in [0.2, 0.25) is 23.7 Å². The molecule has 0 aromatic heterocycles. The summed E-state index contributed by atoms with van der Waals surface area (Å²) in [5, 5.41) is 12.2. The number of fused-ring (bicyclic) bond motifs is 5. The maximum absolute atomic E-state index is 15.6. The van der Waals surface area contributed by atoms with Crippen LogP contribution in [0, 0.1) is 5.92 Å². The van der Waals surface area contributed by atoms with Gasteiger partial charge in [0, 0.05) is 28.7 Å². The van der Waals surface area contributed by atoms with Gasteiger partial charge in [-0.15, -0.1) is 0 Å². The second-order valence-corrected chi connectivity index (χ2v) is 23.2. The highest BCUT2D eigenvalue weighted by atomic mass is 35.5. The molecule has 1 fully saturated rings. The SMILES string of the molecule is COc1ccc([Si](C)(C)[C@@H]2[C@@H](CC(=O)N3Cc4ccccc4C[C@H]3CO)O[C@]3(C(=O)N(Cc4ccc(N5C(=O)c6ccccc6Oc6ccccc65)cc4)c4ccc(Cl)cc43)[C@H]2C)cc1. The molecule has 65 heavy (non-hydrogen) atoms. The number of aliphatic hydroxyl groups excluding tert-OH is 1. The van der Waals surface area contributed by atoms with E-state index in [0.717, 1.165) is 27.6 Å². The molecule has 5 atom stereocenters. The second-order valence-electron chi connectivity index (χ2n) is 18.1. The van der Waals surface area contributed by atoms with Crippen LogP contribution in [0.1, 0.15) is 46.0 Å². The van der Waals surface area contributed by atoms with Crippen LogP contribution >= 0.6 is 11.6 Å². The van der Waals surface area contributed by atoms with Gasteiger partial charge in [0.25, 0.3) is 11.8 Å². The number of rotatable bonds is 9. The average molecular weight is 905 g/mol. The monoisotopic (exact) mass is 903 g/mol. The summed E-state index contributed by atoms with van der Waals surface area (Å²) in [5.41, 5.74) is 4.51. The number of anilines is 3. The Balaban J connectivity index is 0.999. The van der Waals surface area contributed by atoms with Gasteiger partial charge in [-0.25, -0.2) is 0 Å². The van der Waals surface area contributed by atoms with E-state index in [0.29, 0.717) is 57.7 Å². The molecule has 10 nitrogen and oxygen atoms in total. The molecule has 1 N–H and O–H groups in total. The minimum absolute atomic E-state index is 0.0422. The molecule has 3 amide bonds. The van der Waals surface area contributed by atoms with Gasteiger partial charge in [0.15, 0.2) is 11.4 Å². The van der Waals surface area contributed by atoms with Crippen molar-refractivity contribution in [2.75, 3.05) is 23.5 Å². The zero-order valence-electron chi connectivity index (χ0n) is 36.7. The summed E-state index contributed by atoms with van der Waals surface area (Å²) < 4.78 is 19.1. The molecule has 10 rings (SSSR count). The number of benzene rings is 6. The number of methoxy groups -OCH3 is 1. The first-order chi connectivity index (χ1) is 31.4. The summed E-state index contributed by atoms with van der Waals surface area (Å²) in [6, 6.07) is 43.7. The van der Waals surface area contributed by atoms with Crippen LogP contribution < -0.4 is 24.5 Å². The van der Waals surface area contributed by atoms with E-state index in [-0.39, 0.29) is 54.8 Å². The minimum atomic E-state index is -2.59. The fraction of sp³-hybridized carbons (Fsp3) is 0.264. The number of amides is 3. The van der Waals surface area contributed by atoms with Crippen molar-refractivity contribution in [1.82, 2.24) is 4.90 Å². The summed E-state index contributed by atoms with van der Waals surface area (Å²) in [7, 11) is -0.940. The molecule has 0 saturated carbocycles. The molecule has 12 heteroatoms. The normalized spacial score (nSPS) is 22.2. The molecule has 6 aromatic carbocycles. The molecule has 4 aliphatic heterocycles. The van der Waals surface area contributed by atoms with E-state index in [4.69, 9.17) is 25.8 Å². The van der Waals surface area contributed by atoms with Gasteiger partial charge in [-0.05, 0) is 95.4 Å². The van der Waals surface area contributed by atoms with Crippen molar-refractivity contribution in [3.8, 4) is 17.2 Å². The Morgan fingerprint density at radius 3 is 2.28 bits per heavy atom. The maximum Gasteiger partial charge on any atom is 0.266 e. The van der Waals surface area contributed by atoms with Gasteiger partial charge in [0.2, 0.25) is 5.91 Å². The van der Waals surface area contributed by atoms with E-state index in [2.05, 4.69) is 38.2 Å². The standard InChI is InChI=1S/C53H50ClN3O7Si/c1-33-50(65(3,4)41-24-22-40(62-2)23-25-41)48(29-49(59)55-31-36-12-6-5-11-35(36)27-39(55)32-58)64-53(33)43-28-37(54)19-26-44(43)56(52(53)61)30-34-17-20-38(21-18-34)57-45-14-8-10-16-47(45)63-46-15-9-7-13-42(46)51(57)60/h5-26,28,33,39,48,50,58H,27,29-32H2,1-4H3/t33-,39-,48+,50-,53+/m0/s1. The lowest BCUT2D eigenvalue weighted by molar-refractivity contribution is -0.151. The third kappa shape index (κ3) is 7.12. The van der Waals surface area contributed by atoms with Crippen molar-refractivity contribution in [2.24, 2.45) is 5.92 Å². The molecule has 0 unspecified atom stereocenters. The first kappa shape index (κ1) is 42.7. The molecular formula is C53H50ClN3O7Si. The van der Waals surface area contributed by atoms with Crippen molar-refractivity contribution >= 4 is 59.6 Å². The molecule has 0 bridgehead atoms. The lowest BCUT2D eigenvalue weighted by atomic mass is 9.82. The van der Waals surface area contributed by atoms with Crippen LogP contribution in [0.4, 0.5) is 17.1 Å². The number of nitrogens with zero attached hydrogens (tertiary/aromatic N) is 3. The Kier molecular flexibility index (Phi) is 10.9. The summed E-state index contributed by atoms with van der Waals surface area (Å²) in [6.45, 7) is 7.13. The maximum atomic E-state index is 15.6. The zero-order valence-corrected chi connectivity index (χ0v) is 38.5. The van der Waals surface area contributed by atoms with Crippen LogP contribution in [0.5, 0.6) is 17.2 Å². The summed E-state index contributed by atoms with van der Waals surface area (Å²) in [6.07, 6.45) is -0.0270. The predicted molar refractivity (Wildman–Crippen MR) is 254 cm³/mol. The van der Waals surface area contributed by atoms with Crippen LogP contribution in [-0.4, -0.2) is 61.7 Å². The minimum Gasteiger partial charge on any atom is -0.497 e. The molecule has 4 heterocycles. The van der Waals surface area contributed by atoms with Gasteiger partial charge in [-0.1, -0.05) is 110 Å². The van der Waals surface area contributed by atoms with Crippen molar-refractivity contribution in [2.45, 2.75) is 69.2 Å². The Hall–Kier alpha value is -6.24. The Morgan fingerprint density at radius 1 is 0.846 bits per heavy atom. The van der Waals surface area contributed by atoms with E-state index in [1.807, 2.05) is 103 Å². The highest BCUT2D eigenvalue weighted by Crippen LogP contribution is 2.60. The molecule has 1 saturated heterocycles. The van der Waals surface area contributed by atoms with E-state index >= 15 is 4.79 Å². The van der Waals surface area contributed by atoms with Gasteiger partial charge >= 0.3 is 0 Å². The number of para-hydroxylation sites is 3. The summed E-state index contributed by atoms with van der Waals surface area (Å²) in [5.74, 6) is 0.893. The number of aliphatic hydroxyl groups is 1. The average Bonchev–Trinajstić information content (AvgIpc) is 3.69. The van der Waals surface area contributed by atoms with Crippen LogP contribution in [0.15, 0.2) is 140 Å². The quantitative estimate of drug-likeness (QED) is 0.144. The largest absolute Gasteiger partial charge is 0.497 e. The highest BCUT2D eigenvalue weighted by molar-refractivity contribution is 6.91. The molecule has 0 aliphatic carbocycles. The van der Waals surface area contributed by atoms with Crippen molar-refractivity contribution in [1.29, 1.82) is 0 Å². The molecule has 6 aromatic rings. The molecular weight excluding hydrogens is 854 g/mol. The zero-order chi connectivity index (χ0) is 45.2. The smallest absolute Gasteiger partial charge is 0.266 e. The molecule has 0 radical (unpaired) electrons. The van der Waals surface area contributed by atoms with Crippen LogP contribution in [-0.2, 0) is 39.4 Å². The molecule has 1 spiro atoms. The fourth-order valence-corrected chi connectivity index (χ4v) is 15.2. The first-order valence-corrected chi connectivity index (χ1v) is 25.6. The number of halogens is 1. The number of hydrogen-bond acceptors (Lipinski definition) is 7.